The van der Waals surface area contributed by atoms with Gasteiger partial charge in [0.2, 0.25) is 0 Å². The standard InChI is InChI=1S/C11H16FNO/c1-2-3-6-14-8-9-4-5-11(13)10(12)7-9/h4-5,7H,2-3,6,8,13H2,1H3. The van der Waals surface area contributed by atoms with E-state index in [1.807, 2.05) is 0 Å². The fourth-order valence-corrected chi connectivity index (χ4v) is 1.10. The van der Waals surface area contributed by atoms with Crippen LogP contribution >= 0.6 is 0 Å². The van der Waals surface area contributed by atoms with E-state index in [0.717, 1.165) is 25.0 Å². The van der Waals surface area contributed by atoms with Crippen LogP contribution in [0.5, 0.6) is 0 Å². The molecule has 0 spiro atoms. The molecule has 0 fully saturated rings. The summed E-state index contributed by atoms with van der Waals surface area (Å²) in [4.78, 5) is 0. The molecule has 0 unspecified atom stereocenters. The second-order valence-corrected chi connectivity index (χ2v) is 3.26. The van der Waals surface area contributed by atoms with Crippen molar-refractivity contribution in [1.82, 2.24) is 0 Å². The Hall–Kier alpha value is -1.09. The predicted molar refractivity (Wildman–Crippen MR) is 55.4 cm³/mol. The molecule has 0 amide bonds. The van der Waals surface area contributed by atoms with Gasteiger partial charge in [-0.1, -0.05) is 19.4 Å². The third kappa shape index (κ3) is 3.34. The van der Waals surface area contributed by atoms with Gasteiger partial charge in [-0.05, 0) is 24.1 Å². The first-order valence-corrected chi connectivity index (χ1v) is 4.85. The van der Waals surface area contributed by atoms with Crippen LogP contribution in [-0.2, 0) is 11.3 Å². The number of hydrogen-bond acceptors (Lipinski definition) is 2. The van der Waals surface area contributed by atoms with Crippen molar-refractivity contribution in [2.75, 3.05) is 12.3 Å². The molecule has 0 aromatic heterocycles. The van der Waals surface area contributed by atoms with Gasteiger partial charge in [0.1, 0.15) is 5.82 Å². The van der Waals surface area contributed by atoms with Gasteiger partial charge in [0.15, 0.2) is 0 Å². The highest BCUT2D eigenvalue weighted by atomic mass is 19.1. The maximum atomic E-state index is 13.0. The van der Waals surface area contributed by atoms with E-state index in [1.165, 1.54) is 6.07 Å². The number of halogens is 1. The number of benzene rings is 1. The van der Waals surface area contributed by atoms with Gasteiger partial charge < -0.3 is 10.5 Å². The molecule has 0 aliphatic rings. The summed E-state index contributed by atoms with van der Waals surface area (Å²) in [5.41, 5.74) is 6.36. The summed E-state index contributed by atoms with van der Waals surface area (Å²) in [6.07, 6.45) is 2.15. The first-order chi connectivity index (χ1) is 6.74. The largest absolute Gasteiger partial charge is 0.396 e. The van der Waals surface area contributed by atoms with Gasteiger partial charge in [0.25, 0.3) is 0 Å². The Balaban J connectivity index is 2.39. The summed E-state index contributed by atoms with van der Waals surface area (Å²) >= 11 is 0. The second kappa shape index (κ2) is 5.60. The number of unbranched alkanes of at least 4 members (excludes halogenated alkanes) is 1. The number of hydrogen-bond donors (Lipinski definition) is 1. The number of ether oxygens (including phenoxy) is 1. The molecular formula is C11H16FNO. The van der Waals surface area contributed by atoms with Crippen molar-refractivity contribution in [1.29, 1.82) is 0 Å². The van der Waals surface area contributed by atoms with Crippen molar-refractivity contribution in [3.8, 4) is 0 Å². The first kappa shape index (κ1) is 11.0. The van der Waals surface area contributed by atoms with Gasteiger partial charge in [-0.25, -0.2) is 4.39 Å². The zero-order chi connectivity index (χ0) is 10.4. The highest BCUT2D eigenvalue weighted by Crippen LogP contribution is 2.12. The Morgan fingerprint density at radius 3 is 2.86 bits per heavy atom. The minimum absolute atomic E-state index is 0.183. The first-order valence-electron chi connectivity index (χ1n) is 4.85. The normalized spacial score (nSPS) is 10.4. The Labute approximate surface area is 83.9 Å². The van der Waals surface area contributed by atoms with Gasteiger partial charge in [0, 0.05) is 6.61 Å². The quantitative estimate of drug-likeness (QED) is 0.582. The third-order valence-electron chi connectivity index (χ3n) is 1.98. The summed E-state index contributed by atoms with van der Waals surface area (Å²) in [6, 6.07) is 4.76. The van der Waals surface area contributed by atoms with E-state index in [1.54, 1.807) is 12.1 Å². The maximum absolute atomic E-state index is 13.0. The van der Waals surface area contributed by atoms with E-state index in [4.69, 9.17) is 10.5 Å². The van der Waals surface area contributed by atoms with E-state index in [0.29, 0.717) is 6.61 Å². The average molecular weight is 197 g/mol. The molecule has 78 valence electrons. The molecule has 0 saturated heterocycles. The Kier molecular flexibility index (Phi) is 4.40. The van der Waals surface area contributed by atoms with Crippen LogP contribution in [0.1, 0.15) is 25.3 Å². The lowest BCUT2D eigenvalue weighted by molar-refractivity contribution is 0.118. The van der Waals surface area contributed by atoms with Crippen LogP contribution in [0.15, 0.2) is 18.2 Å². The maximum Gasteiger partial charge on any atom is 0.146 e. The molecule has 3 heteroatoms. The lowest BCUT2D eigenvalue weighted by atomic mass is 10.2. The smallest absolute Gasteiger partial charge is 0.146 e. The minimum Gasteiger partial charge on any atom is -0.396 e. The minimum atomic E-state index is -0.374. The summed E-state index contributed by atoms with van der Waals surface area (Å²) in [5.74, 6) is -0.374. The van der Waals surface area contributed by atoms with Gasteiger partial charge in [-0.3, -0.25) is 0 Å². The molecule has 14 heavy (non-hydrogen) atoms. The molecule has 2 N–H and O–H groups in total. The fourth-order valence-electron chi connectivity index (χ4n) is 1.10. The average Bonchev–Trinajstić information content (AvgIpc) is 2.18. The van der Waals surface area contributed by atoms with Crippen molar-refractivity contribution in [2.45, 2.75) is 26.4 Å². The second-order valence-electron chi connectivity index (χ2n) is 3.26. The SMILES string of the molecule is CCCCOCc1ccc(N)c(F)c1. The predicted octanol–water partition coefficient (Wildman–Crippen LogP) is 2.72. The van der Waals surface area contributed by atoms with Crippen LogP contribution in [0.3, 0.4) is 0 Å². The van der Waals surface area contributed by atoms with Gasteiger partial charge in [0.05, 0.1) is 12.3 Å². The van der Waals surface area contributed by atoms with Crippen LogP contribution in [0, 0.1) is 5.82 Å². The lowest BCUT2D eigenvalue weighted by Gasteiger charge is -2.04. The van der Waals surface area contributed by atoms with Crippen LogP contribution in [0.4, 0.5) is 10.1 Å². The lowest BCUT2D eigenvalue weighted by Crippen LogP contribution is -1.97. The number of nitrogen functional groups attached to an aromatic ring is 1. The monoisotopic (exact) mass is 197 g/mol. The molecule has 1 aromatic rings. The van der Waals surface area contributed by atoms with Crippen LogP contribution in [-0.4, -0.2) is 6.61 Å². The Morgan fingerprint density at radius 1 is 1.43 bits per heavy atom. The van der Waals surface area contributed by atoms with E-state index in [-0.39, 0.29) is 11.5 Å². The molecule has 0 atom stereocenters. The Morgan fingerprint density at radius 2 is 2.21 bits per heavy atom. The van der Waals surface area contributed by atoms with E-state index in [9.17, 15) is 4.39 Å². The number of anilines is 1. The van der Waals surface area contributed by atoms with E-state index < -0.39 is 0 Å². The molecule has 0 aliphatic carbocycles. The summed E-state index contributed by atoms with van der Waals surface area (Å²) in [5, 5.41) is 0. The van der Waals surface area contributed by atoms with E-state index in [2.05, 4.69) is 6.92 Å². The summed E-state index contributed by atoms with van der Waals surface area (Å²) in [6.45, 7) is 3.28. The highest BCUT2D eigenvalue weighted by Gasteiger charge is 1.99. The molecular weight excluding hydrogens is 181 g/mol. The highest BCUT2D eigenvalue weighted by molar-refractivity contribution is 5.41. The molecule has 0 aliphatic heterocycles. The van der Waals surface area contributed by atoms with Gasteiger partial charge in [-0.2, -0.15) is 0 Å². The van der Waals surface area contributed by atoms with Crippen LogP contribution < -0.4 is 5.73 Å². The van der Waals surface area contributed by atoms with Crippen molar-refractivity contribution in [2.24, 2.45) is 0 Å². The van der Waals surface area contributed by atoms with Gasteiger partial charge in [-0.15, -0.1) is 0 Å². The van der Waals surface area contributed by atoms with Crippen LogP contribution in [0.25, 0.3) is 0 Å². The zero-order valence-electron chi connectivity index (χ0n) is 8.42. The van der Waals surface area contributed by atoms with Crippen molar-refractivity contribution in [3.63, 3.8) is 0 Å². The van der Waals surface area contributed by atoms with E-state index >= 15 is 0 Å². The third-order valence-corrected chi connectivity index (χ3v) is 1.98. The molecule has 2 nitrogen and oxygen atoms in total. The Bertz CT molecular complexity index is 289. The molecule has 0 saturated carbocycles. The van der Waals surface area contributed by atoms with Crippen molar-refractivity contribution in [3.05, 3.63) is 29.6 Å². The van der Waals surface area contributed by atoms with Gasteiger partial charge >= 0.3 is 0 Å². The zero-order valence-corrected chi connectivity index (χ0v) is 8.42. The van der Waals surface area contributed by atoms with Crippen molar-refractivity contribution < 1.29 is 9.13 Å². The summed E-state index contributed by atoms with van der Waals surface area (Å²) < 4.78 is 18.3. The fraction of sp³-hybridized carbons (Fsp3) is 0.455. The molecule has 0 bridgehead atoms. The topological polar surface area (TPSA) is 35.2 Å². The number of nitrogens with two attached hydrogens (primary N) is 1. The molecule has 0 radical (unpaired) electrons. The molecule has 0 heterocycles. The van der Waals surface area contributed by atoms with Crippen LogP contribution in [0.2, 0.25) is 0 Å². The molecule has 1 rings (SSSR count). The molecule has 1 aromatic carbocycles. The van der Waals surface area contributed by atoms with Crippen molar-refractivity contribution >= 4 is 5.69 Å². The number of rotatable bonds is 5. The summed E-state index contributed by atoms with van der Waals surface area (Å²) in [7, 11) is 0.